The summed E-state index contributed by atoms with van der Waals surface area (Å²) in [6, 6.07) is 11.9. The number of carbonyl (C=O) groups is 3. The molecule has 152 valence electrons. The zero-order valence-electron chi connectivity index (χ0n) is 16.4. The summed E-state index contributed by atoms with van der Waals surface area (Å²) in [6.45, 7) is 5.01. The number of imide groups is 1. The fourth-order valence-electron chi connectivity index (χ4n) is 2.88. The van der Waals surface area contributed by atoms with Crippen LogP contribution in [0.3, 0.4) is 0 Å². The Morgan fingerprint density at radius 2 is 1.90 bits per heavy atom. The number of hydrogen-bond donors (Lipinski definition) is 2. The van der Waals surface area contributed by atoms with Crippen LogP contribution in [0.1, 0.15) is 26.3 Å². The Kier molecular flexibility index (Phi) is 5.54. The molecule has 3 rings (SSSR count). The normalized spacial score (nSPS) is 16.3. The molecule has 0 radical (unpaired) electrons. The maximum Gasteiger partial charge on any atom is 0.325 e. The van der Waals surface area contributed by atoms with Crippen molar-refractivity contribution < 1.29 is 23.5 Å². The number of ether oxygens (including phenoxy) is 1. The molecule has 1 heterocycles. The molecular formula is C21H22FN3O4. The maximum absolute atomic E-state index is 13.2. The van der Waals surface area contributed by atoms with Gasteiger partial charge in [0.1, 0.15) is 17.1 Å². The van der Waals surface area contributed by atoms with Gasteiger partial charge in [0.2, 0.25) is 0 Å². The highest BCUT2D eigenvalue weighted by Gasteiger charge is 2.44. The van der Waals surface area contributed by atoms with Crippen molar-refractivity contribution in [2.45, 2.75) is 39.0 Å². The monoisotopic (exact) mass is 399 g/mol. The van der Waals surface area contributed by atoms with E-state index in [2.05, 4.69) is 10.6 Å². The van der Waals surface area contributed by atoms with E-state index in [4.69, 9.17) is 4.74 Å². The molecule has 0 aromatic heterocycles. The Bertz CT molecular complexity index is 943. The summed E-state index contributed by atoms with van der Waals surface area (Å²) >= 11 is 0. The van der Waals surface area contributed by atoms with Crippen LogP contribution in [0, 0.1) is 5.82 Å². The number of carbonyl (C=O) groups excluding carboxylic acids is 3. The lowest BCUT2D eigenvalue weighted by Gasteiger charge is -2.17. The summed E-state index contributed by atoms with van der Waals surface area (Å²) < 4.78 is 18.7. The third-order valence-electron chi connectivity index (χ3n) is 4.48. The molecule has 1 atom stereocenters. The van der Waals surface area contributed by atoms with Crippen molar-refractivity contribution in [3.05, 3.63) is 59.9 Å². The first-order chi connectivity index (χ1) is 13.7. The topological polar surface area (TPSA) is 87.7 Å². The molecule has 8 heteroatoms. The van der Waals surface area contributed by atoms with Crippen molar-refractivity contribution in [1.29, 1.82) is 0 Å². The first-order valence-corrected chi connectivity index (χ1v) is 9.12. The highest BCUT2D eigenvalue weighted by Crippen LogP contribution is 2.20. The minimum Gasteiger partial charge on any atom is -0.481 e. The molecule has 1 saturated heterocycles. The van der Waals surface area contributed by atoms with Gasteiger partial charge in [0.15, 0.2) is 6.10 Å². The zero-order chi connectivity index (χ0) is 21.2. The lowest BCUT2D eigenvalue weighted by Crippen LogP contribution is -2.40. The average molecular weight is 399 g/mol. The van der Waals surface area contributed by atoms with Gasteiger partial charge in [0, 0.05) is 11.8 Å². The smallest absolute Gasteiger partial charge is 0.325 e. The molecule has 0 aliphatic carbocycles. The number of anilines is 1. The van der Waals surface area contributed by atoms with Crippen molar-refractivity contribution >= 4 is 23.5 Å². The maximum atomic E-state index is 13.2. The number of benzene rings is 2. The molecule has 4 amide bonds. The quantitative estimate of drug-likeness (QED) is 0.731. The standard InChI is InChI=1S/C21H22FN3O4/c1-13(29-17-6-4-5-15(22)11-17)18(26)23-16-9-7-14(8-10-16)12-25-19(27)21(2,3)24-20(25)28/h4-11,13H,12H2,1-3H3,(H,23,26)(H,24,28)/t13-/m1/s1. The molecule has 0 spiro atoms. The molecule has 2 N–H and O–H groups in total. The van der Waals surface area contributed by atoms with Gasteiger partial charge in [-0.1, -0.05) is 18.2 Å². The summed E-state index contributed by atoms with van der Waals surface area (Å²) in [5, 5.41) is 5.34. The Morgan fingerprint density at radius 1 is 1.21 bits per heavy atom. The number of urea groups is 1. The van der Waals surface area contributed by atoms with E-state index in [1.165, 1.54) is 18.2 Å². The van der Waals surface area contributed by atoms with Gasteiger partial charge in [-0.2, -0.15) is 0 Å². The summed E-state index contributed by atoms with van der Waals surface area (Å²) in [4.78, 5) is 37.7. The van der Waals surface area contributed by atoms with Crippen LogP contribution in [0.5, 0.6) is 5.75 Å². The Morgan fingerprint density at radius 3 is 2.48 bits per heavy atom. The van der Waals surface area contributed by atoms with Crippen molar-refractivity contribution in [3.8, 4) is 5.75 Å². The van der Waals surface area contributed by atoms with Crippen LogP contribution in [0.15, 0.2) is 48.5 Å². The summed E-state index contributed by atoms with van der Waals surface area (Å²) in [5.74, 6) is -0.861. The van der Waals surface area contributed by atoms with E-state index in [0.29, 0.717) is 5.69 Å². The molecule has 29 heavy (non-hydrogen) atoms. The summed E-state index contributed by atoms with van der Waals surface area (Å²) in [6.07, 6.45) is -0.829. The second kappa shape index (κ2) is 7.90. The van der Waals surface area contributed by atoms with E-state index in [-0.39, 0.29) is 18.2 Å². The van der Waals surface area contributed by atoms with Gasteiger partial charge in [-0.3, -0.25) is 14.5 Å². The lowest BCUT2D eigenvalue weighted by atomic mass is 10.1. The van der Waals surface area contributed by atoms with Gasteiger partial charge < -0.3 is 15.4 Å². The largest absolute Gasteiger partial charge is 0.481 e. The molecule has 0 unspecified atom stereocenters. The van der Waals surface area contributed by atoms with Crippen molar-refractivity contribution in [2.24, 2.45) is 0 Å². The number of amides is 4. The van der Waals surface area contributed by atoms with Crippen LogP contribution >= 0.6 is 0 Å². The van der Waals surface area contributed by atoms with Gasteiger partial charge >= 0.3 is 6.03 Å². The van der Waals surface area contributed by atoms with E-state index >= 15 is 0 Å². The predicted octanol–water partition coefficient (Wildman–Crippen LogP) is 3.06. The molecule has 7 nitrogen and oxygen atoms in total. The van der Waals surface area contributed by atoms with Crippen LogP contribution in [-0.2, 0) is 16.1 Å². The molecule has 2 aromatic carbocycles. The van der Waals surface area contributed by atoms with E-state index in [0.717, 1.165) is 10.5 Å². The minimum absolute atomic E-state index is 0.140. The van der Waals surface area contributed by atoms with Crippen molar-refractivity contribution in [1.82, 2.24) is 10.2 Å². The Labute approximate surface area is 167 Å². The summed E-state index contributed by atoms with van der Waals surface area (Å²) in [7, 11) is 0. The fourth-order valence-corrected chi connectivity index (χ4v) is 2.88. The van der Waals surface area contributed by atoms with Gasteiger partial charge in [-0.05, 0) is 50.6 Å². The second-order valence-corrected chi connectivity index (χ2v) is 7.35. The van der Waals surface area contributed by atoms with E-state index < -0.39 is 29.4 Å². The first kappa shape index (κ1) is 20.3. The van der Waals surface area contributed by atoms with E-state index in [9.17, 15) is 18.8 Å². The zero-order valence-corrected chi connectivity index (χ0v) is 16.4. The molecule has 2 aromatic rings. The van der Waals surface area contributed by atoms with E-state index in [1.54, 1.807) is 51.1 Å². The molecule has 1 aliphatic rings. The molecule has 1 fully saturated rings. The van der Waals surface area contributed by atoms with Crippen LogP contribution < -0.4 is 15.4 Å². The molecule has 1 aliphatic heterocycles. The minimum atomic E-state index is -0.914. The highest BCUT2D eigenvalue weighted by atomic mass is 19.1. The van der Waals surface area contributed by atoms with Gasteiger partial charge in [0.05, 0.1) is 6.54 Å². The van der Waals surface area contributed by atoms with Crippen LogP contribution in [0.4, 0.5) is 14.9 Å². The van der Waals surface area contributed by atoms with E-state index in [1.807, 2.05) is 0 Å². The SMILES string of the molecule is C[C@@H](Oc1cccc(F)c1)C(=O)Nc1ccc(CN2C(=O)NC(C)(C)C2=O)cc1. The third kappa shape index (κ3) is 4.71. The van der Waals surface area contributed by atoms with Gasteiger partial charge in [-0.25, -0.2) is 9.18 Å². The summed E-state index contributed by atoms with van der Waals surface area (Å²) in [5.41, 5.74) is 0.363. The van der Waals surface area contributed by atoms with Crippen LogP contribution in [0.25, 0.3) is 0 Å². The molecule has 0 saturated carbocycles. The third-order valence-corrected chi connectivity index (χ3v) is 4.48. The number of nitrogens with one attached hydrogen (secondary N) is 2. The molecule has 0 bridgehead atoms. The number of nitrogens with zero attached hydrogens (tertiary/aromatic N) is 1. The van der Waals surface area contributed by atoms with Crippen molar-refractivity contribution in [2.75, 3.05) is 5.32 Å². The highest BCUT2D eigenvalue weighted by molar-refractivity contribution is 6.06. The molecular weight excluding hydrogens is 377 g/mol. The van der Waals surface area contributed by atoms with Crippen molar-refractivity contribution in [3.63, 3.8) is 0 Å². The number of halogens is 1. The van der Waals surface area contributed by atoms with Gasteiger partial charge in [0.25, 0.3) is 11.8 Å². The Hall–Kier alpha value is -3.42. The van der Waals surface area contributed by atoms with Crippen LogP contribution in [0.2, 0.25) is 0 Å². The average Bonchev–Trinajstić information content (AvgIpc) is 2.84. The fraction of sp³-hybridized carbons (Fsp3) is 0.286. The number of rotatable bonds is 6. The first-order valence-electron chi connectivity index (χ1n) is 9.12. The predicted molar refractivity (Wildman–Crippen MR) is 105 cm³/mol. The van der Waals surface area contributed by atoms with Crippen LogP contribution in [-0.4, -0.2) is 34.4 Å². The lowest BCUT2D eigenvalue weighted by molar-refractivity contribution is -0.130. The Balaban J connectivity index is 1.58. The number of hydrogen-bond acceptors (Lipinski definition) is 4. The second-order valence-electron chi connectivity index (χ2n) is 7.35. The van der Waals surface area contributed by atoms with Gasteiger partial charge in [-0.15, -0.1) is 0 Å².